The van der Waals surface area contributed by atoms with Crippen LogP contribution in [0.5, 0.6) is 0 Å². The van der Waals surface area contributed by atoms with E-state index in [1.807, 2.05) is 25.5 Å². The zero-order valence-electron chi connectivity index (χ0n) is 9.36. The summed E-state index contributed by atoms with van der Waals surface area (Å²) in [6.07, 6.45) is 0.709. The summed E-state index contributed by atoms with van der Waals surface area (Å²) in [5.74, 6) is 0. The quantitative estimate of drug-likeness (QED) is 0.596. The lowest BCUT2D eigenvalue weighted by Gasteiger charge is -2.06. The highest BCUT2D eigenvalue weighted by atomic mass is 35.5. The average Bonchev–Trinajstić information content (AvgIpc) is 2.54. The second-order valence-corrected chi connectivity index (χ2v) is 4.34. The number of nitrogens with zero attached hydrogens (tertiary/aromatic N) is 3. The van der Waals surface area contributed by atoms with Crippen LogP contribution < -0.4 is 0 Å². The number of pyridine rings is 1. The van der Waals surface area contributed by atoms with Crippen molar-refractivity contribution in [3.8, 4) is 0 Å². The number of hydrogen-bond acceptors (Lipinski definition) is 3. The van der Waals surface area contributed by atoms with Crippen molar-refractivity contribution in [2.75, 3.05) is 0 Å². The minimum absolute atomic E-state index is 0.210. The lowest BCUT2D eigenvalue weighted by Crippen LogP contribution is -2.04. The maximum atomic E-state index is 10.8. The van der Waals surface area contributed by atoms with Gasteiger partial charge in [-0.3, -0.25) is 4.79 Å². The summed E-state index contributed by atoms with van der Waals surface area (Å²) >= 11 is 5.91. The van der Waals surface area contributed by atoms with E-state index in [-0.39, 0.29) is 11.2 Å². The Morgan fingerprint density at radius 3 is 2.75 bits per heavy atom. The molecule has 0 spiro atoms. The van der Waals surface area contributed by atoms with Gasteiger partial charge in [0, 0.05) is 11.4 Å². The van der Waals surface area contributed by atoms with E-state index in [9.17, 15) is 4.79 Å². The third-order valence-electron chi connectivity index (χ3n) is 2.46. The van der Waals surface area contributed by atoms with Gasteiger partial charge in [0.1, 0.15) is 5.15 Å². The van der Waals surface area contributed by atoms with Gasteiger partial charge in [-0.2, -0.15) is 5.10 Å². The van der Waals surface area contributed by atoms with E-state index in [0.29, 0.717) is 11.8 Å². The third kappa shape index (κ3) is 1.59. The first-order valence-electron chi connectivity index (χ1n) is 5.05. The fourth-order valence-electron chi connectivity index (χ4n) is 1.64. The maximum Gasteiger partial charge on any atom is 0.160 e. The molecule has 0 fully saturated rings. The molecule has 0 N–H and O–H groups in total. The standard InChI is InChI=1S/C11H12ClN3O/c1-6(2)15-11-9(7(3)14-15)4-8(5-16)10(12)13-11/h4-6H,1-3H3. The number of halogens is 1. The summed E-state index contributed by atoms with van der Waals surface area (Å²) in [5.41, 5.74) is 1.99. The van der Waals surface area contributed by atoms with Crippen LogP contribution in [0.25, 0.3) is 11.0 Å². The van der Waals surface area contributed by atoms with Crippen molar-refractivity contribution in [1.82, 2.24) is 14.8 Å². The molecule has 0 aliphatic carbocycles. The van der Waals surface area contributed by atoms with E-state index >= 15 is 0 Å². The fraction of sp³-hybridized carbons (Fsp3) is 0.364. The lowest BCUT2D eigenvalue weighted by atomic mass is 10.2. The number of rotatable bonds is 2. The molecule has 16 heavy (non-hydrogen) atoms. The minimum Gasteiger partial charge on any atom is -0.298 e. The molecule has 0 radical (unpaired) electrons. The molecular formula is C11H12ClN3O. The van der Waals surface area contributed by atoms with Crippen molar-refractivity contribution in [1.29, 1.82) is 0 Å². The summed E-state index contributed by atoms with van der Waals surface area (Å²) in [5, 5.41) is 5.49. The van der Waals surface area contributed by atoms with Crippen LogP contribution >= 0.6 is 11.6 Å². The van der Waals surface area contributed by atoms with Crippen LogP contribution in [-0.2, 0) is 0 Å². The number of aldehydes is 1. The van der Waals surface area contributed by atoms with Crippen LogP contribution in [0.3, 0.4) is 0 Å². The van der Waals surface area contributed by atoms with Crippen molar-refractivity contribution < 1.29 is 4.79 Å². The van der Waals surface area contributed by atoms with E-state index in [2.05, 4.69) is 10.1 Å². The third-order valence-corrected chi connectivity index (χ3v) is 2.77. The largest absolute Gasteiger partial charge is 0.298 e. The first kappa shape index (κ1) is 11.1. The Kier molecular flexibility index (Phi) is 2.68. The Balaban J connectivity index is 2.81. The SMILES string of the molecule is Cc1nn(C(C)C)c2nc(Cl)c(C=O)cc12. The Morgan fingerprint density at radius 1 is 1.50 bits per heavy atom. The van der Waals surface area contributed by atoms with Gasteiger partial charge < -0.3 is 0 Å². The molecule has 4 nitrogen and oxygen atoms in total. The van der Waals surface area contributed by atoms with E-state index in [0.717, 1.165) is 16.7 Å². The molecule has 0 aliphatic heterocycles. The molecule has 2 aromatic heterocycles. The molecule has 0 aromatic carbocycles. The Hall–Kier alpha value is -1.42. The molecule has 0 saturated carbocycles. The van der Waals surface area contributed by atoms with E-state index in [1.165, 1.54) is 0 Å². The zero-order chi connectivity index (χ0) is 11.9. The number of carbonyl (C=O) groups is 1. The molecule has 5 heteroatoms. The molecule has 0 saturated heterocycles. The summed E-state index contributed by atoms with van der Waals surface area (Å²) < 4.78 is 1.81. The van der Waals surface area contributed by atoms with Crippen molar-refractivity contribution in [2.24, 2.45) is 0 Å². The van der Waals surface area contributed by atoms with Crippen LogP contribution in [0.15, 0.2) is 6.07 Å². The van der Waals surface area contributed by atoms with Crippen LogP contribution in [0.2, 0.25) is 5.15 Å². The lowest BCUT2D eigenvalue weighted by molar-refractivity contribution is 0.112. The molecule has 2 aromatic rings. The first-order chi connectivity index (χ1) is 7.54. The van der Waals surface area contributed by atoms with E-state index in [4.69, 9.17) is 11.6 Å². The maximum absolute atomic E-state index is 10.8. The predicted molar refractivity (Wildman–Crippen MR) is 63.0 cm³/mol. The van der Waals surface area contributed by atoms with Gasteiger partial charge in [0.05, 0.1) is 11.3 Å². The minimum atomic E-state index is 0.210. The van der Waals surface area contributed by atoms with E-state index < -0.39 is 0 Å². The second kappa shape index (κ2) is 3.87. The van der Waals surface area contributed by atoms with Gasteiger partial charge in [-0.05, 0) is 26.8 Å². The summed E-state index contributed by atoms with van der Waals surface area (Å²) in [4.78, 5) is 15.0. The summed E-state index contributed by atoms with van der Waals surface area (Å²) in [6.45, 7) is 5.94. The Bertz CT molecular complexity index is 560. The van der Waals surface area contributed by atoms with Crippen molar-refractivity contribution >= 4 is 28.9 Å². The van der Waals surface area contributed by atoms with Crippen molar-refractivity contribution in [3.05, 3.63) is 22.5 Å². The van der Waals surface area contributed by atoms with Crippen molar-refractivity contribution in [3.63, 3.8) is 0 Å². The van der Waals surface area contributed by atoms with Crippen LogP contribution in [0.4, 0.5) is 0 Å². The molecule has 2 rings (SSSR count). The molecule has 2 heterocycles. The molecule has 0 atom stereocenters. The summed E-state index contributed by atoms with van der Waals surface area (Å²) in [6, 6.07) is 1.95. The second-order valence-electron chi connectivity index (χ2n) is 3.98. The topological polar surface area (TPSA) is 47.8 Å². The van der Waals surface area contributed by atoms with Crippen LogP contribution in [-0.4, -0.2) is 21.1 Å². The molecular weight excluding hydrogens is 226 g/mol. The van der Waals surface area contributed by atoms with Crippen molar-refractivity contribution in [2.45, 2.75) is 26.8 Å². The van der Waals surface area contributed by atoms with Gasteiger partial charge in [-0.25, -0.2) is 9.67 Å². The van der Waals surface area contributed by atoms with Gasteiger partial charge in [0.2, 0.25) is 0 Å². The molecule has 84 valence electrons. The van der Waals surface area contributed by atoms with Gasteiger partial charge in [0.15, 0.2) is 11.9 Å². The number of hydrogen-bond donors (Lipinski definition) is 0. The highest BCUT2D eigenvalue weighted by Crippen LogP contribution is 2.24. The normalized spacial score (nSPS) is 11.3. The fourth-order valence-corrected chi connectivity index (χ4v) is 1.82. The van der Waals surface area contributed by atoms with Gasteiger partial charge >= 0.3 is 0 Å². The molecule has 0 bridgehead atoms. The number of aromatic nitrogens is 3. The van der Waals surface area contributed by atoms with Gasteiger partial charge in [-0.15, -0.1) is 0 Å². The highest BCUT2D eigenvalue weighted by molar-refractivity contribution is 6.32. The first-order valence-corrected chi connectivity index (χ1v) is 5.43. The molecule has 0 unspecified atom stereocenters. The average molecular weight is 238 g/mol. The smallest absolute Gasteiger partial charge is 0.160 e. The monoisotopic (exact) mass is 237 g/mol. The van der Waals surface area contributed by atoms with Crippen LogP contribution in [0, 0.1) is 6.92 Å². The van der Waals surface area contributed by atoms with Crippen LogP contribution in [0.1, 0.15) is 35.9 Å². The van der Waals surface area contributed by atoms with Gasteiger partial charge in [0.25, 0.3) is 0 Å². The number of aryl methyl sites for hydroxylation is 1. The van der Waals surface area contributed by atoms with Gasteiger partial charge in [-0.1, -0.05) is 11.6 Å². The predicted octanol–water partition coefficient (Wildman–Crippen LogP) is 2.79. The molecule has 0 amide bonds. The Labute approximate surface area is 98.2 Å². The number of carbonyl (C=O) groups excluding carboxylic acids is 1. The van der Waals surface area contributed by atoms with E-state index in [1.54, 1.807) is 6.07 Å². The Morgan fingerprint density at radius 2 is 2.19 bits per heavy atom. The number of fused-ring (bicyclic) bond motifs is 1. The zero-order valence-corrected chi connectivity index (χ0v) is 10.1. The highest BCUT2D eigenvalue weighted by Gasteiger charge is 2.14. The summed E-state index contributed by atoms with van der Waals surface area (Å²) in [7, 11) is 0. The molecule has 0 aliphatic rings.